The van der Waals surface area contributed by atoms with Crippen LogP contribution in [0.15, 0.2) is 24.3 Å². The van der Waals surface area contributed by atoms with Crippen molar-refractivity contribution >= 4 is 173 Å². The van der Waals surface area contributed by atoms with Crippen LogP contribution in [0.2, 0.25) is 0 Å². The second-order valence-electron chi connectivity index (χ2n) is 34.1. The van der Waals surface area contributed by atoms with Crippen molar-refractivity contribution in [3.63, 3.8) is 0 Å². The molecule has 1 aliphatic heterocycles. The summed E-state index contributed by atoms with van der Waals surface area (Å²) in [5.74, 6) is -32.2. The number of carbonyl (C=O) groups is 25. The number of aliphatic carboxylic acids is 3. The van der Waals surface area contributed by atoms with Gasteiger partial charge in [-0.05, 0) is 95.2 Å². The molecule has 1 fully saturated rings. The number of aliphatic hydroxyl groups excluding tert-OH is 4. The van der Waals surface area contributed by atoms with Crippen LogP contribution in [0, 0.1) is 17.8 Å². The molecule has 2 rings (SSSR count). The van der Waals surface area contributed by atoms with Gasteiger partial charge in [-0.15, -0.1) is 0 Å². The maximum Gasteiger partial charge on any atom is 0.328 e. The Morgan fingerprint density at radius 2 is 0.762 bits per heavy atom. The monoisotopic (exact) mass is 2070 g/mol. The van der Waals surface area contributed by atoms with Crippen LogP contribution >= 0.6 is 25.3 Å². The highest BCUT2D eigenvalue weighted by molar-refractivity contribution is 7.80. The number of nitrogens with two attached hydrogens (primary N) is 4. The molecule has 0 bridgehead atoms. The van der Waals surface area contributed by atoms with Crippen LogP contribution in [0.4, 0.5) is 0 Å². The quantitative estimate of drug-likeness (QED) is 0.0269. The minimum Gasteiger partial charge on any atom is -0.508 e. The Labute approximate surface area is 831 Å². The minimum absolute atomic E-state index is 0.0136. The average molecular weight is 2070 g/mol. The van der Waals surface area contributed by atoms with Crippen molar-refractivity contribution in [3.8, 4) is 5.75 Å². The number of carboxylic acid groups (broad SMARTS) is 3. The summed E-state index contributed by atoms with van der Waals surface area (Å²) in [5, 5.41) is 121. The number of rotatable bonds is 65. The van der Waals surface area contributed by atoms with Gasteiger partial charge in [0, 0.05) is 43.7 Å². The number of benzene rings is 1. The first-order valence-electron chi connectivity index (χ1n) is 45.5. The summed E-state index contributed by atoms with van der Waals surface area (Å²) in [4.78, 5) is 333. The van der Waals surface area contributed by atoms with Gasteiger partial charge in [-0.2, -0.15) is 25.3 Å². The molecule has 0 unspecified atom stereocenters. The molecule has 1 aromatic rings. The molecular weight excluding hydrogens is 1940 g/mol. The molecule has 1 aromatic carbocycles. The average Bonchev–Trinajstić information content (AvgIpc) is 1.70. The van der Waals surface area contributed by atoms with Gasteiger partial charge in [0.05, 0.1) is 57.4 Å². The Hall–Kier alpha value is -13.7. The molecule has 58 heteroatoms. The number of nitrogens with one attached hydrogen (secondary N) is 18. The summed E-state index contributed by atoms with van der Waals surface area (Å²) in [7, 11) is 0. The van der Waals surface area contributed by atoms with Gasteiger partial charge < -0.3 is 164 Å². The van der Waals surface area contributed by atoms with E-state index in [1.165, 1.54) is 36.1 Å². The van der Waals surface area contributed by atoms with E-state index in [4.69, 9.17) is 28.0 Å². The molecule has 0 aliphatic carbocycles. The molecule has 34 N–H and O–H groups in total. The molecule has 56 nitrogen and oxygen atoms in total. The number of aliphatic hydroxyl groups is 4. The first kappa shape index (κ1) is 125. The van der Waals surface area contributed by atoms with Crippen LogP contribution in [-0.4, -0.2) is 359 Å². The summed E-state index contributed by atoms with van der Waals surface area (Å²) in [5.41, 5.74) is 21.9. The molecule has 1 aliphatic rings. The Morgan fingerprint density at radius 1 is 0.385 bits per heavy atom. The summed E-state index contributed by atoms with van der Waals surface area (Å²) >= 11 is 8.26. The van der Waals surface area contributed by atoms with E-state index in [1.54, 1.807) is 41.5 Å². The fourth-order valence-corrected chi connectivity index (χ4v) is 14.1. The molecule has 1 saturated heterocycles. The van der Waals surface area contributed by atoms with Gasteiger partial charge >= 0.3 is 17.9 Å². The summed E-state index contributed by atoms with van der Waals surface area (Å²) in [6.07, 6.45) is -8.83. The van der Waals surface area contributed by atoms with Crippen molar-refractivity contribution in [3.05, 3.63) is 29.8 Å². The molecular formula is C85H135N23O33S2. The van der Waals surface area contributed by atoms with E-state index in [9.17, 15) is 156 Å². The van der Waals surface area contributed by atoms with Crippen LogP contribution in [-0.2, 0) is 126 Å². The van der Waals surface area contributed by atoms with E-state index in [0.29, 0.717) is 0 Å². The zero-order valence-corrected chi connectivity index (χ0v) is 82.2. The third-order valence-electron chi connectivity index (χ3n) is 22.6. The lowest BCUT2D eigenvalue weighted by molar-refractivity contribution is -0.145. The van der Waals surface area contributed by atoms with Gasteiger partial charge in [0.15, 0.2) is 0 Å². The summed E-state index contributed by atoms with van der Waals surface area (Å²) < 4.78 is 0. The highest BCUT2D eigenvalue weighted by Gasteiger charge is 2.45. The molecule has 800 valence electrons. The van der Waals surface area contributed by atoms with Crippen LogP contribution in [0.3, 0.4) is 0 Å². The number of amides is 22. The van der Waals surface area contributed by atoms with Crippen LogP contribution in [0.1, 0.15) is 158 Å². The number of carboxylic acids is 3. The molecule has 143 heavy (non-hydrogen) atoms. The molecule has 0 aromatic heterocycles. The molecule has 23 atom stereocenters. The van der Waals surface area contributed by atoms with E-state index in [2.05, 4.69) is 110 Å². The smallest absolute Gasteiger partial charge is 0.328 e. The van der Waals surface area contributed by atoms with Gasteiger partial charge in [0.1, 0.15) is 108 Å². The third-order valence-corrected chi connectivity index (χ3v) is 23.4. The normalized spacial score (nSPS) is 16.8. The predicted octanol–water partition coefficient (Wildman–Crippen LogP) is -13.1. The van der Waals surface area contributed by atoms with Crippen LogP contribution < -0.4 is 119 Å². The maximum atomic E-state index is 14.5. The van der Waals surface area contributed by atoms with Crippen molar-refractivity contribution in [1.29, 1.82) is 0 Å². The SMILES string of the molecule is CC[C@H](C)[C@H](NC(=O)CNC(=O)[C@H](C)NC(=O)CNC(=O)[C@@H](NC(=O)[C@@H]1CCCN1C(=O)[C@@H](NC(=O)[C@H](CC(=O)O)NC(=O)[C@H](CS)NC(=O)[C@@H](N)CCC(=O)O)[C@@H](C)CC)[C@@H](C)CC)C(=O)N[C@@H](CS)C(=O)N[C@@H](C)C(=O)N[C@@H](CO)C(=O)N[C@@H](Cc1ccc(O)cc1)C(=O)N[C@@H](CCC(N)=O)C(=O)N[C@H](C(=O)N[C@@H](CCC(N)=O)C(=O)N[C@H](C(=O)N[C@@H](CC(N)=O)C(=O)N[C@@H](CO)C(=O)O)[C@@H](C)O)[C@@H](C)O. The number of thiol groups is 2. The van der Waals surface area contributed by atoms with E-state index in [1.807, 2.05) is 10.6 Å². The fourth-order valence-electron chi connectivity index (χ4n) is 13.6. The molecule has 0 spiro atoms. The first-order chi connectivity index (χ1) is 66.9. The standard InChI is InChI=1S/C85H135N23O33S2/c1-11-36(4)63(104-79(134)55-15-14-26-108(55)84(139)65(38(6)13-3)105-75(130)50(29-62(121)122)97-78(133)54(35-143)101-70(125)45(86)20-25-61(119)120)80(135)91-30-59(117)92-39(7)68(123)90-31-60(118)103-64(37(5)12-2)81(136)102-53(34-142)77(132)93-40(8)69(124)99-51(32-109)76(131)96-48(27-43-16-18-44(113)19-17-43)73(128)94-46(21-23-56(87)114)71(126)106-66(41(9)111)82(137)95-47(22-24-57(88)115)72(127)107-67(42(10)112)83(138)98-49(28-58(89)116)74(129)100-52(33-110)85(140)141/h16-19,36-42,45-55,63-67,109-113,142-143H,11-15,20-35,86H2,1-10H3,(H2,87,114)(H2,88,115)(H2,89,116)(H,90,123)(H,91,135)(H,92,117)(H,93,132)(H,94,128)(H,95,137)(H,96,131)(H,97,133)(H,98,138)(H,99,124)(H,100,129)(H,101,125)(H,102,136)(H,103,118)(H,104,134)(H,105,130)(H,106,126)(H,107,127)(H,119,120)(H,121,122)(H,140,141)/t36-,37-,38-,39-,40-,41+,42+,45-,46-,47-,48-,49-,50-,51-,52-,53-,54-,55-,63-,64-,65-,66-,67-/m0/s1. The lowest BCUT2D eigenvalue weighted by Crippen LogP contribution is -2.63. The third kappa shape index (κ3) is 43.3. The Morgan fingerprint density at radius 3 is 1.23 bits per heavy atom. The topological polar surface area (TPSA) is 912 Å². The van der Waals surface area contributed by atoms with E-state index in [-0.39, 0.29) is 62.1 Å². The van der Waals surface area contributed by atoms with E-state index in [0.717, 1.165) is 20.8 Å². The second kappa shape index (κ2) is 62.5. The fraction of sp³-hybridized carbons (Fsp3) is 0.635. The number of nitrogens with zero attached hydrogens (tertiary/aromatic N) is 1. The van der Waals surface area contributed by atoms with Crippen molar-refractivity contribution in [1.82, 2.24) is 101 Å². The molecule has 0 saturated carbocycles. The van der Waals surface area contributed by atoms with Crippen LogP contribution in [0.25, 0.3) is 0 Å². The molecule has 0 radical (unpaired) electrons. The van der Waals surface area contributed by atoms with Crippen molar-refractivity contribution < 1.29 is 161 Å². The highest BCUT2D eigenvalue weighted by Crippen LogP contribution is 2.24. The molecule has 1 heterocycles. The minimum atomic E-state index is -2.15. The van der Waals surface area contributed by atoms with E-state index < -0.39 is 370 Å². The first-order valence-corrected chi connectivity index (χ1v) is 46.8. The van der Waals surface area contributed by atoms with Crippen molar-refractivity contribution in [2.45, 2.75) is 280 Å². The van der Waals surface area contributed by atoms with Crippen molar-refractivity contribution in [2.75, 3.05) is 44.4 Å². The highest BCUT2D eigenvalue weighted by atomic mass is 32.1. The summed E-state index contributed by atoms with van der Waals surface area (Å²) in [6.45, 7) is 10.1. The zero-order chi connectivity index (χ0) is 109. The van der Waals surface area contributed by atoms with Crippen LogP contribution in [0.5, 0.6) is 5.75 Å². The Kier molecular flexibility index (Phi) is 54.8. The zero-order valence-electron chi connectivity index (χ0n) is 80.4. The number of likely N-dealkylation sites (tertiary alicyclic amines) is 1. The number of hydrogen-bond donors (Lipinski definition) is 32. The lowest BCUT2D eigenvalue weighted by Gasteiger charge is -2.33. The lowest BCUT2D eigenvalue weighted by atomic mass is 9.96. The Balaban J connectivity index is 2.25. The Bertz CT molecular complexity index is 4670. The van der Waals surface area contributed by atoms with Gasteiger partial charge in [0.25, 0.3) is 0 Å². The van der Waals surface area contributed by atoms with Gasteiger partial charge in [-0.1, -0.05) is 72.9 Å². The second-order valence-corrected chi connectivity index (χ2v) is 34.8. The number of hydrogen-bond acceptors (Lipinski definition) is 33. The van der Waals surface area contributed by atoms with Gasteiger partial charge in [0.2, 0.25) is 130 Å². The number of carbonyl (C=O) groups excluding carboxylic acids is 22. The van der Waals surface area contributed by atoms with E-state index >= 15 is 0 Å². The number of phenols is 1. The van der Waals surface area contributed by atoms with Gasteiger partial charge in [-0.25, -0.2) is 4.79 Å². The number of aromatic hydroxyl groups is 1. The maximum absolute atomic E-state index is 14.5. The molecule has 22 amide bonds. The predicted molar refractivity (Wildman–Crippen MR) is 504 cm³/mol. The van der Waals surface area contributed by atoms with Gasteiger partial charge in [-0.3, -0.25) is 115 Å². The summed E-state index contributed by atoms with van der Waals surface area (Å²) in [6, 6.07) is -25.7. The number of phenolic OH excluding ortho intramolecular Hbond substituents is 1. The van der Waals surface area contributed by atoms with Crippen molar-refractivity contribution in [2.24, 2.45) is 40.7 Å². The largest absolute Gasteiger partial charge is 0.508 e. The number of primary amides is 3.